The van der Waals surface area contributed by atoms with Gasteiger partial charge in [0.05, 0.1) is 5.25 Å². The SMILES string of the molecule is CCS(=O)(=O)[C@@H](C)[C@H](N)C1CC1. The molecule has 0 radical (unpaired) electrons. The number of hydrogen-bond acceptors (Lipinski definition) is 3. The molecule has 12 heavy (non-hydrogen) atoms. The van der Waals surface area contributed by atoms with E-state index in [4.69, 9.17) is 5.73 Å². The Bertz CT molecular complexity index is 244. The van der Waals surface area contributed by atoms with E-state index in [1.165, 1.54) is 0 Å². The summed E-state index contributed by atoms with van der Waals surface area (Å²) in [5, 5.41) is -0.366. The zero-order chi connectivity index (χ0) is 9.35. The van der Waals surface area contributed by atoms with Crippen molar-refractivity contribution in [2.75, 3.05) is 5.75 Å². The van der Waals surface area contributed by atoms with Crippen LogP contribution in [0, 0.1) is 5.92 Å². The van der Waals surface area contributed by atoms with Crippen LogP contribution >= 0.6 is 0 Å². The Morgan fingerprint density at radius 3 is 2.33 bits per heavy atom. The molecule has 0 unspecified atom stereocenters. The minimum atomic E-state index is -2.93. The second kappa shape index (κ2) is 3.34. The number of rotatable bonds is 4. The first-order valence-electron chi connectivity index (χ1n) is 4.46. The van der Waals surface area contributed by atoms with Crippen molar-refractivity contribution in [3.05, 3.63) is 0 Å². The monoisotopic (exact) mass is 191 g/mol. The van der Waals surface area contributed by atoms with Gasteiger partial charge in [-0.1, -0.05) is 6.92 Å². The molecule has 1 rings (SSSR count). The van der Waals surface area contributed by atoms with E-state index in [0.29, 0.717) is 5.92 Å². The lowest BCUT2D eigenvalue weighted by Gasteiger charge is -2.18. The molecule has 1 fully saturated rings. The van der Waals surface area contributed by atoms with E-state index in [1.807, 2.05) is 0 Å². The maximum absolute atomic E-state index is 11.4. The van der Waals surface area contributed by atoms with Gasteiger partial charge in [0.25, 0.3) is 0 Å². The van der Waals surface area contributed by atoms with Crippen molar-refractivity contribution in [2.24, 2.45) is 11.7 Å². The number of hydrogen-bond donors (Lipinski definition) is 1. The summed E-state index contributed by atoms with van der Waals surface area (Å²) in [6.45, 7) is 3.40. The lowest BCUT2D eigenvalue weighted by molar-refractivity contribution is 0.532. The van der Waals surface area contributed by atoms with Crippen LogP contribution in [0.15, 0.2) is 0 Å². The zero-order valence-electron chi connectivity index (χ0n) is 7.66. The molecule has 2 atom stereocenters. The van der Waals surface area contributed by atoms with Gasteiger partial charge in [0.15, 0.2) is 9.84 Å². The second-order valence-electron chi connectivity index (χ2n) is 3.57. The Morgan fingerprint density at radius 2 is 2.00 bits per heavy atom. The third-order valence-corrected chi connectivity index (χ3v) is 4.93. The van der Waals surface area contributed by atoms with E-state index >= 15 is 0 Å². The first kappa shape index (κ1) is 9.99. The Hall–Kier alpha value is -0.0900. The molecule has 72 valence electrons. The summed E-state index contributed by atoms with van der Waals surface area (Å²) in [7, 11) is -2.93. The number of nitrogens with two attached hydrogens (primary N) is 1. The topological polar surface area (TPSA) is 60.2 Å². The maximum atomic E-state index is 11.4. The van der Waals surface area contributed by atoms with Crippen molar-refractivity contribution in [1.29, 1.82) is 0 Å². The van der Waals surface area contributed by atoms with Gasteiger partial charge in [-0.15, -0.1) is 0 Å². The average molecular weight is 191 g/mol. The van der Waals surface area contributed by atoms with Crippen LogP contribution in [-0.4, -0.2) is 25.5 Å². The summed E-state index contributed by atoms with van der Waals surface area (Å²) in [5.74, 6) is 0.663. The fourth-order valence-corrected chi connectivity index (χ4v) is 2.59. The molecule has 0 aromatic carbocycles. The Kier molecular flexibility index (Phi) is 2.78. The highest BCUT2D eigenvalue weighted by atomic mass is 32.2. The van der Waals surface area contributed by atoms with E-state index in [-0.39, 0.29) is 17.0 Å². The lowest BCUT2D eigenvalue weighted by Crippen LogP contribution is -2.40. The molecule has 2 N–H and O–H groups in total. The summed E-state index contributed by atoms with van der Waals surface area (Å²) in [5.41, 5.74) is 5.81. The van der Waals surface area contributed by atoms with Gasteiger partial charge in [-0.25, -0.2) is 8.42 Å². The van der Waals surface area contributed by atoms with Crippen molar-refractivity contribution < 1.29 is 8.42 Å². The Labute approximate surface area is 74.3 Å². The van der Waals surface area contributed by atoms with Crippen LogP contribution in [0.4, 0.5) is 0 Å². The molecule has 0 aliphatic heterocycles. The maximum Gasteiger partial charge on any atom is 0.154 e. The van der Waals surface area contributed by atoms with Crippen LogP contribution in [0.1, 0.15) is 26.7 Å². The first-order chi connectivity index (χ1) is 5.49. The van der Waals surface area contributed by atoms with Crippen molar-refractivity contribution >= 4 is 9.84 Å². The highest BCUT2D eigenvalue weighted by Gasteiger charge is 2.36. The standard InChI is InChI=1S/C8H17NO2S/c1-3-12(10,11)6(2)8(9)7-4-5-7/h6-8H,3-5,9H2,1-2H3/t6-,8-/m0/s1. The molecule has 3 nitrogen and oxygen atoms in total. The van der Waals surface area contributed by atoms with Gasteiger partial charge in [0, 0.05) is 11.8 Å². The summed E-state index contributed by atoms with van der Waals surface area (Å²) < 4.78 is 22.8. The third kappa shape index (κ3) is 1.98. The predicted molar refractivity (Wildman–Crippen MR) is 49.6 cm³/mol. The smallest absolute Gasteiger partial charge is 0.154 e. The summed E-state index contributed by atoms with van der Waals surface area (Å²) in [4.78, 5) is 0. The molecule has 0 bridgehead atoms. The molecule has 1 aliphatic rings. The van der Waals surface area contributed by atoms with Crippen LogP contribution in [0.5, 0.6) is 0 Å². The fraction of sp³-hybridized carbons (Fsp3) is 1.00. The largest absolute Gasteiger partial charge is 0.326 e. The molecule has 0 amide bonds. The van der Waals surface area contributed by atoms with E-state index in [9.17, 15) is 8.42 Å². The van der Waals surface area contributed by atoms with Crippen molar-refractivity contribution in [1.82, 2.24) is 0 Å². The van der Waals surface area contributed by atoms with Crippen molar-refractivity contribution in [3.8, 4) is 0 Å². The minimum Gasteiger partial charge on any atom is -0.326 e. The van der Waals surface area contributed by atoms with Gasteiger partial charge in [0.2, 0.25) is 0 Å². The third-order valence-electron chi connectivity index (χ3n) is 2.68. The first-order valence-corrected chi connectivity index (χ1v) is 6.17. The second-order valence-corrected chi connectivity index (χ2v) is 6.22. The highest BCUT2D eigenvalue weighted by molar-refractivity contribution is 7.92. The van der Waals surface area contributed by atoms with Crippen LogP contribution in [0.2, 0.25) is 0 Å². The van der Waals surface area contributed by atoms with Crippen LogP contribution < -0.4 is 5.73 Å². The normalized spacial score (nSPS) is 23.6. The van der Waals surface area contributed by atoms with Gasteiger partial charge in [-0.05, 0) is 25.7 Å². The van der Waals surface area contributed by atoms with Gasteiger partial charge in [0.1, 0.15) is 0 Å². The Balaban J connectivity index is 2.62. The highest BCUT2D eigenvalue weighted by Crippen LogP contribution is 2.34. The fourth-order valence-electron chi connectivity index (χ4n) is 1.37. The quantitative estimate of drug-likeness (QED) is 0.706. The van der Waals surface area contributed by atoms with Crippen molar-refractivity contribution in [2.45, 2.75) is 38.0 Å². The zero-order valence-corrected chi connectivity index (χ0v) is 8.47. The molecule has 1 saturated carbocycles. The average Bonchev–Trinajstić information content (AvgIpc) is 2.84. The molecule has 0 spiro atoms. The molecule has 0 aromatic heterocycles. The molecule has 4 heteroatoms. The van der Waals surface area contributed by atoms with E-state index < -0.39 is 9.84 Å². The molecule has 0 saturated heterocycles. The molecule has 0 aromatic rings. The molecule has 1 aliphatic carbocycles. The van der Waals surface area contributed by atoms with Crippen LogP contribution in [0.3, 0.4) is 0 Å². The van der Waals surface area contributed by atoms with Crippen molar-refractivity contribution in [3.63, 3.8) is 0 Å². The van der Waals surface area contributed by atoms with Gasteiger partial charge in [-0.2, -0.15) is 0 Å². The summed E-state index contributed by atoms with van der Waals surface area (Å²) in [6, 6.07) is -0.144. The number of sulfone groups is 1. The van der Waals surface area contributed by atoms with Gasteiger partial charge in [-0.3, -0.25) is 0 Å². The van der Waals surface area contributed by atoms with E-state index in [0.717, 1.165) is 12.8 Å². The van der Waals surface area contributed by atoms with E-state index in [1.54, 1.807) is 13.8 Å². The molecular weight excluding hydrogens is 174 g/mol. The minimum absolute atomic E-state index is 0.144. The van der Waals surface area contributed by atoms with Gasteiger partial charge >= 0.3 is 0 Å². The lowest BCUT2D eigenvalue weighted by atomic mass is 10.1. The molecule has 0 heterocycles. The van der Waals surface area contributed by atoms with Crippen LogP contribution in [0.25, 0.3) is 0 Å². The molecular formula is C8H17NO2S. The van der Waals surface area contributed by atoms with E-state index in [2.05, 4.69) is 0 Å². The summed E-state index contributed by atoms with van der Waals surface area (Å²) >= 11 is 0. The van der Waals surface area contributed by atoms with Crippen LogP contribution in [-0.2, 0) is 9.84 Å². The predicted octanol–water partition coefficient (Wildman–Crippen LogP) is 0.547. The van der Waals surface area contributed by atoms with Gasteiger partial charge < -0.3 is 5.73 Å². The Morgan fingerprint density at radius 1 is 1.50 bits per heavy atom. The summed E-state index contributed by atoms with van der Waals surface area (Å²) in [6.07, 6.45) is 2.20.